The molecule has 9 heteroatoms. The molecular weight excluding hydrogens is 392 g/mol. The third kappa shape index (κ3) is 9.36. The zero-order chi connectivity index (χ0) is 21.7. The molecule has 0 aliphatic carbocycles. The Balaban J connectivity index is 2.34. The fourth-order valence-corrected chi connectivity index (χ4v) is 3.82. The summed E-state index contributed by atoms with van der Waals surface area (Å²) in [5.41, 5.74) is 1.19. The van der Waals surface area contributed by atoms with Crippen molar-refractivity contribution >= 4 is 16.0 Å². The van der Waals surface area contributed by atoms with E-state index in [4.69, 9.17) is 9.47 Å². The van der Waals surface area contributed by atoms with Gasteiger partial charge >= 0.3 is 0 Å². The van der Waals surface area contributed by atoms with Crippen LogP contribution in [0.25, 0.3) is 0 Å². The first-order chi connectivity index (χ1) is 13.8. The number of ether oxygens (including phenoxy) is 2. The number of rotatable bonds is 13. The van der Waals surface area contributed by atoms with Crippen LogP contribution in [-0.2, 0) is 16.4 Å². The first kappa shape index (κ1) is 25.0. The summed E-state index contributed by atoms with van der Waals surface area (Å²) in [6.45, 7) is 6.82. The SMILES string of the molecule is CCOc1cc(CCCNC(=NC)NCCCN(CC)S(C)(=O)=O)ccc1OC. The molecule has 1 aromatic carbocycles. The zero-order valence-corrected chi connectivity index (χ0v) is 19.1. The molecule has 0 saturated carbocycles. The van der Waals surface area contributed by atoms with Gasteiger partial charge in [-0.05, 0) is 43.9 Å². The number of benzene rings is 1. The van der Waals surface area contributed by atoms with Crippen LogP contribution in [0, 0.1) is 0 Å². The molecule has 0 heterocycles. The maximum atomic E-state index is 11.6. The predicted octanol–water partition coefficient (Wildman–Crippen LogP) is 1.86. The maximum absolute atomic E-state index is 11.6. The van der Waals surface area contributed by atoms with Crippen LogP contribution in [0.5, 0.6) is 11.5 Å². The van der Waals surface area contributed by atoms with Crippen molar-refractivity contribution in [1.82, 2.24) is 14.9 Å². The summed E-state index contributed by atoms with van der Waals surface area (Å²) in [7, 11) is 0.230. The topological polar surface area (TPSA) is 92.3 Å². The Morgan fingerprint density at radius 3 is 2.38 bits per heavy atom. The molecule has 0 aliphatic rings. The highest BCUT2D eigenvalue weighted by Crippen LogP contribution is 2.28. The Morgan fingerprint density at radius 1 is 1.14 bits per heavy atom. The standard InChI is InChI=1S/C20H36N4O4S/c1-6-24(29(5,25)26)15-9-14-23-20(21-3)22-13-8-10-17-11-12-18(27-4)19(16-17)28-7-2/h11-12,16H,6-10,13-15H2,1-5H3,(H2,21,22,23). The van der Waals surface area contributed by atoms with Crippen molar-refractivity contribution in [2.45, 2.75) is 33.1 Å². The van der Waals surface area contributed by atoms with Gasteiger partial charge in [0.15, 0.2) is 17.5 Å². The van der Waals surface area contributed by atoms with E-state index in [-0.39, 0.29) is 0 Å². The van der Waals surface area contributed by atoms with E-state index >= 15 is 0 Å². The summed E-state index contributed by atoms with van der Waals surface area (Å²) in [5.74, 6) is 2.24. The van der Waals surface area contributed by atoms with E-state index in [1.54, 1.807) is 14.2 Å². The van der Waals surface area contributed by atoms with Crippen molar-refractivity contribution in [3.05, 3.63) is 23.8 Å². The third-order valence-corrected chi connectivity index (χ3v) is 5.76. The van der Waals surface area contributed by atoms with Gasteiger partial charge in [-0.2, -0.15) is 0 Å². The number of nitrogens with one attached hydrogen (secondary N) is 2. The van der Waals surface area contributed by atoms with Crippen molar-refractivity contribution in [3.8, 4) is 11.5 Å². The van der Waals surface area contributed by atoms with Crippen molar-refractivity contribution in [2.24, 2.45) is 4.99 Å². The van der Waals surface area contributed by atoms with Crippen LogP contribution in [0.15, 0.2) is 23.2 Å². The maximum Gasteiger partial charge on any atom is 0.211 e. The molecule has 0 unspecified atom stereocenters. The van der Waals surface area contributed by atoms with Crippen molar-refractivity contribution in [2.75, 3.05) is 53.2 Å². The van der Waals surface area contributed by atoms with Gasteiger partial charge in [-0.25, -0.2) is 12.7 Å². The van der Waals surface area contributed by atoms with E-state index in [1.165, 1.54) is 16.1 Å². The second-order valence-electron chi connectivity index (χ2n) is 6.56. The molecule has 2 N–H and O–H groups in total. The van der Waals surface area contributed by atoms with Crippen LogP contribution >= 0.6 is 0 Å². The van der Waals surface area contributed by atoms with Crippen molar-refractivity contribution < 1.29 is 17.9 Å². The van der Waals surface area contributed by atoms with Gasteiger partial charge in [0.2, 0.25) is 10.0 Å². The molecule has 1 rings (SSSR count). The smallest absolute Gasteiger partial charge is 0.211 e. The molecule has 0 amide bonds. The molecule has 0 fully saturated rings. The Morgan fingerprint density at radius 2 is 1.83 bits per heavy atom. The fourth-order valence-electron chi connectivity index (χ4n) is 2.89. The Bertz CT molecular complexity index is 738. The van der Waals surface area contributed by atoms with Crippen LogP contribution < -0.4 is 20.1 Å². The number of guanidine groups is 1. The summed E-state index contributed by atoms with van der Waals surface area (Å²) >= 11 is 0. The van der Waals surface area contributed by atoms with E-state index in [1.807, 2.05) is 26.0 Å². The lowest BCUT2D eigenvalue weighted by atomic mass is 10.1. The molecule has 0 saturated heterocycles. The molecule has 166 valence electrons. The average molecular weight is 429 g/mol. The lowest BCUT2D eigenvalue weighted by Crippen LogP contribution is -2.39. The second-order valence-corrected chi connectivity index (χ2v) is 8.54. The molecule has 29 heavy (non-hydrogen) atoms. The summed E-state index contributed by atoms with van der Waals surface area (Å²) in [5, 5.41) is 6.51. The molecule has 8 nitrogen and oxygen atoms in total. The summed E-state index contributed by atoms with van der Waals surface area (Å²) in [6.07, 6.45) is 3.81. The highest BCUT2D eigenvalue weighted by Gasteiger charge is 2.13. The van der Waals surface area contributed by atoms with E-state index in [2.05, 4.69) is 21.7 Å². The zero-order valence-electron chi connectivity index (χ0n) is 18.3. The van der Waals surface area contributed by atoms with Gasteiger partial charge in [0.25, 0.3) is 0 Å². The Kier molecular flexibility index (Phi) is 11.5. The molecule has 0 aliphatic heterocycles. The minimum atomic E-state index is -3.13. The van der Waals surface area contributed by atoms with Gasteiger partial charge in [0.05, 0.1) is 20.0 Å². The van der Waals surface area contributed by atoms with Crippen LogP contribution in [0.4, 0.5) is 0 Å². The molecule has 0 radical (unpaired) electrons. The minimum absolute atomic E-state index is 0.488. The number of aliphatic imine (C=N–C) groups is 1. The van der Waals surface area contributed by atoms with Gasteiger partial charge in [0, 0.05) is 33.2 Å². The second kappa shape index (κ2) is 13.3. The monoisotopic (exact) mass is 428 g/mol. The summed E-state index contributed by atoms with van der Waals surface area (Å²) in [6, 6.07) is 6.01. The normalized spacial score (nSPS) is 12.1. The summed E-state index contributed by atoms with van der Waals surface area (Å²) < 4.78 is 35.6. The highest BCUT2D eigenvalue weighted by molar-refractivity contribution is 7.88. The van der Waals surface area contributed by atoms with E-state index < -0.39 is 10.0 Å². The molecule has 0 spiro atoms. The predicted molar refractivity (Wildman–Crippen MR) is 119 cm³/mol. The Hall–Kier alpha value is -2.00. The van der Waals surface area contributed by atoms with E-state index in [9.17, 15) is 8.42 Å². The van der Waals surface area contributed by atoms with Crippen LogP contribution in [0.3, 0.4) is 0 Å². The van der Waals surface area contributed by atoms with Crippen molar-refractivity contribution in [1.29, 1.82) is 0 Å². The first-order valence-corrected chi connectivity index (χ1v) is 11.9. The van der Waals surface area contributed by atoms with Crippen LogP contribution in [0.2, 0.25) is 0 Å². The fraction of sp³-hybridized carbons (Fsp3) is 0.650. The lowest BCUT2D eigenvalue weighted by molar-refractivity contribution is 0.310. The van der Waals surface area contributed by atoms with Crippen LogP contribution in [-0.4, -0.2) is 71.9 Å². The molecule has 0 aromatic heterocycles. The van der Waals surface area contributed by atoms with Gasteiger partial charge in [-0.3, -0.25) is 4.99 Å². The van der Waals surface area contributed by atoms with E-state index in [0.29, 0.717) is 32.7 Å². The Labute approximate surface area is 175 Å². The molecule has 1 aromatic rings. The van der Waals surface area contributed by atoms with Crippen molar-refractivity contribution in [3.63, 3.8) is 0 Å². The number of hydrogen-bond acceptors (Lipinski definition) is 5. The van der Waals surface area contributed by atoms with Gasteiger partial charge < -0.3 is 20.1 Å². The lowest BCUT2D eigenvalue weighted by Gasteiger charge is -2.18. The number of aryl methyl sites for hydroxylation is 1. The van der Waals surface area contributed by atoms with Gasteiger partial charge in [-0.15, -0.1) is 0 Å². The largest absolute Gasteiger partial charge is 0.493 e. The van der Waals surface area contributed by atoms with Crippen LogP contribution in [0.1, 0.15) is 32.3 Å². The number of hydrogen-bond donors (Lipinski definition) is 2. The first-order valence-electron chi connectivity index (χ1n) is 10.0. The van der Waals surface area contributed by atoms with E-state index in [0.717, 1.165) is 36.8 Å². The summed E-state index contributed by atoms with van der Waals surface area (Å²) in [4.78, 5) is 4.21. The average Bonchev–Trinajstić information content (AvgIpc) is 2.69. The number of nitrogens with zero attached hydrogens (tertiary/aromatic N) is 2. The number of methoxy groups -OCH3 is 1. The van der Waals surface area contributed by atoms with Gasteiger partial charge in [-0.1, -0.05) is 13.0 Å². The number of sulfonamides is 1. The quantitative estimate of drug-likeness (QED) is 0.283. The third-order valence-electron chi connectivity index (χ3n) is 4.38. The molecule has 0 bridgehead atoms. The highest BCUT2D eigenvalue weighted by atomic mass is 32.2. The molecule has 0 atom stereocenters. The van der Waals surface area contributed by atoms with Gasteiger partial charge in [0.1, 0.15) is 0 Å². The molecular formula is C20H36N4O4S. The minimum Gasteiger partial charge on any atom is -0.493 e.